The third kappa shape index (κ3) is 5.38. The van der Waals surface area contributed by atoms with Gasteiger partial charge >= 0.3 is 0 Å². The first-order valence-corrected chi connectivity index (χ1v) is 8.67. The second-order valence-electron chi connectivity index (χ2n) is 7.09. The van der Waals surface area contributed by atoms with Crippen molar-refractivity contribution >= 4 is 17.5 Å². The number of aliphatic hydroxyl groups is 1. The number of hydrogen-bond donors (Lipinski definition) is 3. The van der Waals surface area contributed by atoms with Gasteiger partial charge in [0.1, 0.15) is 5.82 Å². The van der Waals surface area contributed by atoms with Gasteiger partial charge in [-0.1, -0.05) is 18.2 Å². The lowest BCUT2D eigenvalue weighted by atomic mass is 9.84. The summed E-state index contributed by atoms with van der Waals surface area (Å²) in [6, 6.07) is 10.1. The molecule has 0 aliphatic carbocycles. The van der Waals surface area contributed by atoms with E-state index in [9.17, 15) is 19.1 Å². The first-order chi connectivity index (χ1) is 13.1. The summed E-state index contributed by atoms with van der Waals surface area (Å²) >= 11 is 0. The van der Waals surface area contributed by atoms with Crippen molar-refractivity contribution in [2.24, 2.45) is 5.92 Å². The second kappa shape index (κ2) is 8.63. The van der Waals surface area contributed by atoms with Crippen LogP contribution in [0.5, 0.6) is 0 Å². The maximum Gasteiger partial charge on any atom is 0.269 e. The van der Waals surface area contributed by atoms with Crippen molar-refractivity contribution in [2.75, 3.05) is 0 Å². The zero-order valence-electron chi connectivity index (χ0n) is 15.9. The molecule has 0 aliphatic heterocycles. The van der Waals surface area contributed by atoms with Gasteiger partial charge in [0.15, 0.2) is 5.69 Å². The number of benzene rings is 2. The first-order valence-electron chi connectivity index (χ1n) is 8.67. The van der Waals surface area contributed by atoms with Crippen LogP contribution < -0.4 is 10.9 Å². The van der Waals surface area contributed by atoms with Crippen LogP contribution in [0.15, 0.2) is 42.5 Å². The lowest BCUT2D eigenvalue weighted by Crippen LogP contribution is -2.50. The molecule has 0 spiro atoms. The largest absolute Gasteiger partial charge is 0.390 e. The quantitative estimate of drug-likeness (QED) is 0.548. The molecule has 0 radical (unpaired) electrons. The molecule has 0 saturated carbocycles. The van der Waals surface area contributed by atoms with E-state index in [4.69, 9.17) is 6.57 Å². The number of hydrogen-bond acceptors (Lipinski definition) is 3. The topological polar surface area (TPSA) is 82.8 Å². The molecule has 3 N–H and O–H groups in total. The molecule has 2 rings (SSSR count). The van der Waals surface area contributed by atoms with Crippen molar-refractivity contribution in [2.45, 2.75) is 32.8 Å². The summed E-state index contributed by atoms with van der Waals surface area (Å²) in [6.07, 6.45) is 0.223. The van der Waals surface area contributed by atoms with Gasteiger partial charge in [-0.3, -0.25) is 20.4 Å². The van der Waals surface area contributed by atoms with Crippen molar-refractivity contribution in [3.05, 3.63) is 76.4 Å². The number of carbonyl (C=O) groups is 2. The molecular weight excluding hydrogens is 361 g/mol. The highest BCUT2D eigenvalue weighted by Crippen LogP contribution is 2.25. The van der Waals surface area contributed by atoms with Crippen LogP contribution in [0.25, 0.3) is 4.85 Å². The van der Waals surface area contributed by atoms with Gasteiger partial charge in [0.2, 0.25) is 5.91 Å². The van der Waals surface area contributed by atoms with Crippen LogP contribution in [0.2, 0.25) is 0 Å². The number of nitrogens with one attached hydrogen (secondary N) is 2. The minimum absolute atomic E-state index is 0.187. The van der Waals surface area contributed by atoms with E-state index in [2.05, 4.69) is 15.7 Å². The van der Waals surface area contributed by atoms with Crippen LogP contribution in [-0.4, -0.2) is 22.5 Å². The third-order valence-corrected chi connectivity index (χ3v) is 4.40. The number of hydrazine groups is 1. The van der Waals surface area contributed by atoms with E-state index in [1.807, 2.05) is 0 Å². The van der Waals surface area contributed by atoms with E-state index in [1.54, 1.807) is 25.1 Å². The van der Waals surface area contributed by atoms with Crippen molar-refractivity contribution in [1.29, 1.82) is 0 Å². The van der Waals surface area contributed by atoms with Crippen molar-refractivity contribution in [3.63, 3.8) is 0 Å². The molecule has 2 amide bonds. The van der Waals surface area contributed by atoms with Crippen LogP contribution in [-0.2, 0) is 11.2 Å². The molecule has 0 bridgehead atoms. The Morgan fingerprint density at radius 2 is 1.82 bits per heavy atom. The molecular formula is C21H22FN3O3. The fourth-order valence-corrected chi connectivity index (χ4v) is 2.75. The molecule has 0 heterocycles. The highest BCUT2D eigenvalue weighted by atomic mass is 19.1. The van der Waals surface area contributed by atoms with E-state index in [-0.39, 0.29) is 12.0 Å². The standard InChI is InChI=1S/C21H22FN3O3/c1-13-11-14(5-10-18(13)23-4)12-17(21(2,3)28)20(27)25-24-19(26)15-6-8-16(22)9-7-15/h5-11,17,28H,12H2,1-3H3,(H,24,26)(H,25,27)/t17-/m0/s1. The summed E-state index contributed by atoms with van der Waals surface area (Å²) in [5.74, 6) is -2.48. The lowest BCUT2D eigenvalue weighted by molar-refractivity contribution is -0.133. The van der Waals surface area contributed by atoms with Gasteiger partial charge in [0.05, 0.1) is 18.1 Å². The molecule has 0 fully saturated rings. The Hall–Kier alpha value is -3.24. The van der Waals surface area contributed by atoms with Crippen LogP contribution >= 0.6 is 0 Å². The second-order valence-corrected chi connectivity index (χ2v) is 7.09. The van der Waals surface area contributed by atoms with E-state index < -0.39 is 29.2 Å². The smallest absolute Gasteiger partial charge is 0.269 e. The summed E-state index contributed by atoms with van der Waals surface area (Å²) in [5, 5.41) is 10.4. The Labute approximate surface area is 163 Å². The number of aryl methyl sites for hydroxylation is 1. The molecule has 0 aromatic heterocycles. The Morgan fingerprint density at radius 1 is 1.18 bits per heavy atom. The van der Waals surface area contributed by atoms with E-state index in [0.29, 0.717) is 5.69 Å². The summed E-state index contributed by atoms with van der Waals surface area (Å²) in [7, 11) is 0. The third-order valence-electron chi connectivity index (χ3n) is 4.40. The Bertz CT molecular complexity index is 912. The molecule has 0 aliphatic rings. The summed E-state index contributed by atoms with van der Waals surface area (Å²) in [5.41, 5.74) is 5.53. The van der Waals surface area contributed by atoms with Crippen LogP contribution in [0.4, 0.5) is 10.1 Å². The molecule has 2 aromatic rings. The molecule has 0 saturated heterocycles. The van der Waals surface area contributed by atoms with E-state index in [0.717, 1.165) is 23.3 Å². The highest BCUT2D eigenvalue weighted by molar-refractivity contribution is 5.95. The maximum atomic E-state index is 12.9. The SMILES string of the molecule is [C-]#[N+]c1ccc(C[C@@H](C(=O)NNC(=O)c2ccc(F)cc2)C(C)(C)O)cc1C. The Kier molecular flexibility index (Phi) is 6.49. The monoisotopic (exact) mass is 383 g/mol. The zero-order chi connectivity index (χ0) is 20.9. The number of carbonyl (C=O) groups excluding carboxylic acids is 2. The van der Waals surface area contributed by atoms with Gasteiger partial charge in [-0.05, 0) is 62.6 Å². The highest BCUT2D eigenvalue weighted by Gasteiger charge is 2.33. The van der Waals surface area contributed by atoms with Gasteiger partial charge in [0, 0.05) is 5.56 Å². The number of rotatable bonds is 5. The molecule has 2 aromatic carbocycles. The van der Waals surface area contributed by atoms with Gasteiger partial charge in [0.25, 0.3) is 5.91 Å². The van der Waals surface area contributed by atoms with Crippen molar-refractivity contribution in [1.82, 2.24) is 10.9 Å². The molecule has 6 nitrogen and oxygen atoms in total. The summed E-state index contributed by atoms with van der Waals surface area (Å²) in [4.78, 5) is 28.1. The Balaban J connectivity index is 2.09. The molecule has 28 heavy (non-hydrogen) atoms. The molecule has 0 unspecified atom stereocenters. The van der Waals surface area contributed by atoms with Crippen LogP contribution in [0.3, 0.4) is 0 Å². The molecule has 7 heteroatoms. The average Bonchev–Trinajstić information content (AvgIpc) is 2.63. The van der Waals surface area contributed by atoms with Crippen molar-refractivity contribution in [3.8, 4) is 0 Å². The van der Waals surface area contributed by atoms with Crippen LogP contribution in [0.1, 0.15) is 35.3 Å². The minimum atomic E-state index is -1.35. The predicted octanol–water partition coefficient (Wildman–Crippen LogP) is 3.08. The summed E-state index contributed by atoms with van der Waals surface area (Å²) < 4.78 is 12.9. The van der Waals surface area contributed by atoms with E-state index in [1.165, 1.54) is 26.0 Å². The number of amides is 2. The molecule has 1 atom stereocenters. The van der Waals surface area contributed by atoms with Gasteiger partial charge in [-0.15, -0.1) is 0 Å². The van der Waals surface area contributed by atoms with Gasteiger partial charge < -0.3 is 5.11 Å². The van der Waals surface area contributed by atoms with Crippen molar-refractivity contribution < 1.29 is 19.1 Å². The van der Waals surface area contributed by atoms with Gasteiger partial charge in [-0.25, -0.2) is 9.24 Å². The molecule has 146 valence electrons. The number of halogens is 1. The van der Waals surface area contributed by atoms with Gasteiger partial charge in [-0.2, -0.15) is 0 Å². The maximum absolute atomic E-state index is 12.9. The van der Waals surface area contributed by atoms with Crippen LogP contribution in [0, 0.1) is 25.2 Å². The first kappa shape index (κ1) is 21.1. The zero-order valence-corrected chi connectivity index (χ0v) is 15.9. The normalized spacial score (nSPS) is 12.0. The predicted molar refractivity (Wildman–Crippen MR) is 103 cm³/mol. The fraction of sp³-hybridized carbons (Fsp3) is 0.286. The minimum Gasteiger partial charge on any atom is -0.390 e. The summed E-state index contributed by atoms with van der Waals surface area (Å²) in [6.45, 7) is 11.9. The fourth-order valence-electron chi connectivity index (χ4n) is 2.75. The average molecular weight is 383 g/mol. The Morgan fingerprint density at radius 3 is 2.36 bits per heavy atom. The van der Waals surface area contributed by atoms with E-state index >= 15 is 0 Å². The lowest BCUT2D eigenvalue weighted by Gasteiger charge is -2.28. The number of nitrogens with zero attached hydrogens (tertiary/aromatic N) is 1.